The molecule has 1 aromatic heterocycles. The Morgan fingerprint density at radius 1 is 0.900 bits per heavy atom. The second-order valence-corrected chi connectivity index (χ2v) is 5.47. The fraction of sp³-hybridized carbons (Fsp3) is 0. The smallest absolute Gasteiger partial charge is 0.131 e. The zero-order valence-corrected chi connectivity index (χ0v) is 12.3. The Morgan fingerprint density at radius 2 is 1.60 bits per heavy atom. The van der Waals surface area contributed by atoms with E-state index in [1.54, 1.807) is 30.3 Å². The van der Waals surface area contributed by atoms with Crippen LogP contribution in [0.5, 0.6) is 5.75 Å². The van der Waals surface area contributed by atoms with Crippen LogP contribution in [-0.2, 0) is 0 Å². The van der Waals surface area contributed by atoms with Gasteiger partial charge in [-0.05, 0) is 23.8 Å². The molecule has 2 aromatic carbocycles. The minimum Gasteiger partial charge on any atom is -0.508 e. The molecule has 1 N–H and O–H groups in total. The van der Waals surface area contributed by atoms with E-state index in [2.05, 4.69) is 4.98 Å². The van der Waals surface area contributed by atoms with Gasteiger partial charge in [-0.25, -0.2) is 4.98 Å². The van der Waals surface area contributed by atoms with Crippen LogP contribution in [0.3, 0.4) is 0 Å². The third kappa shape index (κ3) is 2.31. The van der Waals surface area contributed by atoms with Crippen molar-refractivity contribution < 1.29 is 5.11 Å². The molecule has 0 unspecified atom stereocenters. The van der Waals surface area contributed by atoms with Gasteiger partial charge in [-0.2, -0.15) is 0 Å². The van der Waals surface area contributed by atoms with Crippen LogP contribution in [0.1, 0.15) is 0 Å². The van der Waals surface area contributed by atoms with Crippen LogP contribution in [0.25, 0.3) is 22.0 Å². The number of halogens is 3. The van der Waals surface area contributed by atoms with Crippen LogP contribution in [-0.4, -0.2) is 10.1 Å². The van der Waals surface area contributed by atoms with E-state index >= 15 is 0 Å². The normalized spacial score (nSPS) is 10.9. The highest BCUT2D eigenvalue weighted by Crippen LogP contribution is 2.37. The summed E-state index contributed by atoms with van der Waals surface area (Å²) in [6.07, 6.45) is 0. The Hall–Kier alpha value is -1.48. The molecule has 0 saturated heterocycles. The summed E-state index contributed by atoms with van der Waals surface area (Å²) in [6.45, 7) is 0. The van der Waals surface area contributed by atoms with Gasteiger partial charge in [-0.1, -0.05) is 59.1 Å². The standard InChI is InChI=1S/C15H8Cl3NO/c16-12-7-13(17)19-15-11(12)6-5-10(14(15)18)8-1-3-9(20)4-2-8/h1-7,20H. The number of pyridine rings is 1. The van der Waals surface area contributed by atoms with Crippen LogP contribution >= 0.6 is 34.8 Å². The first-order chi connectivity index (χ1) is 9.56. The van der Waals surface area contributed by atoms with Gasteiger partial charge >= 0.3 is 0 Å². The molecule has 0 bridgehead atoms. The van der Waals surface area contributed by atoms with E-state index in [9.17, 15) is 5.11 Å². The number of nitrogens with zero attached hydrogens (tertiary/aromatic N) is 1. The lowest BCUT2D eigenvalue weighted by Crippen LogP contribution is -1.87. The highest BCUT2D eigenvalue weighted by molar-refractivity contribution is 6.42. The van der Waals surface area contributed by atoms with E-state index in [0.29, 0.717) is 20.7 Å². The second kappa shape index (κ2) is 5.13. The van der Waals surface area contributed by atoms with Crippen molar-refractivity contribution in [2.24, 2.45) is 0 Å². The highest BCUT2D eigenvalue weighted by Gasteiger charge is 2.12. The number of hydrogen-bond donors (Lipinski definition) is 1. The maximum atomic E-state index is 9.34. The first kappa shape index (κ1) is 13.5. The van der Waals surface area contributed by atoms with Crippen molar-refractivity contribution in [1.82, 2.24) is 4.98 Å². The zero-order valence-electron chi connectivity index (χ0n) is 10.1. The Morgan fingerprint density at radius 3 is 2.30 bits per heavy atom. The molecule has 0 fully saturated rings. The number of benzene rings is 2. The van der Waals surface area contributed by atoms with Gasteiger partial charge in [0.2, 0.25) is 0 Å². The number of aromatic hydroxyl groups is 1. The summed E-state index contributed by atoms with van der Waals surface area (Å²) in [7, 11) is 0. The number of fused-ring (bicyclic) bond motifs is 1. The summed E-state index contributed by atoms with van der Waals surface area (Å²) < 4.78 is 0. The maximum Gasteiger partial charge on any atom is 0.131 e. The van der Waals surface area contributed by atoms with Gasteiger partial charge in [-0.3, -0.25) is 0 Å². The molecule has 3 rings (SSSR count). The van der Waals surface area contributed by atoms with Crippen molar-refractivity contribution in [3.05, 3.63) is 57.7 Å². The summed E-state index contributed by atoms with van der Waals surface area (Å²) in [5.41, 5.74) is 2.26. The van der Waals surface area contributed by atoms with Gasteiger partial charge in [0.25, 0.3) is 0 Å². The minimum atomic E-state index is 0.204. The first-order valence-corrected chi connectivity index (χ1v) is 6.93. The molecule has 20 heavy (non-hydrogen) atoms. The van der Waals surface area contributed by atoms with Crippen molar-refractivity contribution in [2.75, 3.05) is 0 Å². The number of aromatic nitrogens is 1. The van der Waals surface area contributed by atoms with Crippen molar-refractivity contribution in [2.45, 2.75) is 0 Å². The molecule has 0 aliphatic rings. The first-order valence-electron chi connectivity index (χ1n) is 5.80. The van der Waals surface area contributed by atoms with Gasteiger partial charge in [0.15, 0.2) is 0 Å². The second-order valence-electron chi connectivity index (χ2n) is 4.30. The molecule has 1 heterocycles. The largest absolute Gasteiger partial charge is 0.508 e. The van der Waals surface area contributed by atoms with E-state index in [4.69, 9.17) is 34.8 Å². The van der Waals surface area contributed by atoms with Crippen LogP contribution in [0.15, 0.2) is 42.5 Å². The summed E-state index contributed by atoms with van der Waals surface area (Å²) in [6, 6.07) is 12.1. The summed E-state index contributed by atoms with van der Waals surface area (Å²) in [4.78, 5) is 4.24. The molecule has 0 spiro atoms. The molecule has 0 aliphatic heterocycles. The predicted octanol–water partition coefficient (Wildman–Crippen LogP) is 5.57. The highest BCUT2D eigenvalue weighted by atomic mass is 35.5. The fourth-order valence-electron chi connectivity index (χ4n) is 2.05. The quantitative estimate of drug-likeness (QED) is 0.594. The number of rotatable bonds is 1. The Kier molecular flexibility index (Phi) is 3.47. The monoisotopic (exact) mass is 323 g/mol. The van der Waals surface area contributed by atoms with Gasteiger partial charge in [0, 0.05) is 10.9 Å². The average Bonchev–Trinajstić information content (AvgIpc) is 2.41. The van der Waals surface area contributed by atoms with E-state index in [0.717, 1.165) is 16.5 Å². The molecule has 0 saturated carbocycles. The molecule has 3 aromatic rings. The molecule has 5 heteroatoms. The Labute approximate surface area is 130 Å². The van der Waals surface area contributed by atoms with E-state index in [1.165, 1.54) is 0 Å². The minimum absolute atomic E-state index is 0.204. The van der Waals surface area contributed by atoms with Crippen molar-refractivity contribution in [3.63, 3.8) is 0 Å². The van der Waals surface area contributed by atoms with Crippen molar-refractivity contribution in [3.8, 4) is 16.9 Å². The number of phenolic OH excluding ortho intramolecular Hbond substituents is 1. The van der Waals surface area contributed by atoms with E-state index in [1.807, 2.05) is 12.1 Å². The molecule has 0 atom stereocenters. The molecule has 2 nitrogen and oxygen atoms in total. The molecule has 0 amide bonds. The summed E-state index contributed by atoms with van der Waals surface area (Å²) in [5, 5.41) is 11.4. The number of hydrogen-bond acceptors (Lipinski definition) is 2. The van der Waals surface area contributed by atoms with Crippen molar-refractivity contribution >= 4 is 45.7 Å². The van der Waals surface area contributed by atoms with Crippen molar-refractivity contribution in [1.29, 1.82) is 0 Å². The van der Waals surface area contributed by atoms with Crippen LogP contribution in [0.4, 0.5) is 0 Å². The molecule has 100 valence electrons. The predicted molar refractivity (Wildman–Crippen MR) is 83.9 cm³/mol. The van der Waals surface area contributed by atoms with E-state index < -0.39 is 0 Å². The molecular weight excluding hydrogens is 317 g/mol. The lowest BCUT2D eigenvalue weighted by Gasteiger charge is -2.09. The fourth-order valence-corrected chi connectivity index (χ4v) is 2.87. The lowest BCUT2D eigenvalue weighted by atomic mass is 10.0. The zero-order chi connectivity index (χ0) is 14.3. The summed E-state index contributed by atoms with van der Waals surface area (Å²) in [5.74, 6) is 0.204. The van der Waals surface area contributed by atoms with E-state index in [-0.39, 0.29) is 5.75 Å². The van der Waals surface area contributed by atoms with Crippen LogP contribution in [0, 0.1) is 0 Å². The summed E-state index contributed by atoms with van der Waals surface area (Å²) >= 11 is 18.5. The van der Waals surface area contributed by atoms with Gasteiger partial charge in [0.05, 0.1) is 15.6 Å². The Bertz CT molecular complexity index is 800. The topological polar surface area (TPSA) is 33.1 Å². The maximum absolute atomic E-state index is 9.34. The average molecular weight is 325 g/mol. The Balaban J connectivity index is 2.28. The van der Waals surface area contributed by atoms with Gasteiger partial charge < -0.3 is 5.11 Å². The lowest BCUT2D eigenvalue weighted by molar-refractivity contribution is 0.475. The molecule has 0 aliphatic carbocycles. The third-order valence-corrected chi connectivity index (χ3v) is 3.91. The van der Waals surface area contributed by atoms with Crippen LogP contribution < -0.4 is 0 Å². The SMILES string of the molecule is Oc1ccc(-c2ccc3c(Cl)cc(Cl)nc3c2Cl)cc1. The molecule has 0 radical (unpaired) electrons. The van der Waals surface area contributed by atoms with Gasteiger partial charge in [0.1, 0.15) is 10.9 Å². The third-order valence-electron chi connectivity index (χ3n) is 3.02. The van der Waals surface area contributed by atoms with Gasteiger partial charge in [-0.15, -0.1) is 0 Å². The molecular formula is C15H8Cl3NO. The van der Waals surface area contributed by atoms with Crippen LogP contribution in [0.2, 0.25) is 15.2 Å². The number of phenols is 1.